The van der Waals surface area contributed by atoms with E-state index in [0.717, 1.165) is 15.7 Å². The van der Waals surface area contributed by atoms with Gasteiger partial charge in [-0.3, -0.25) is 9.36 Å². The van der Waals surface area contributed by atoms with E-state index >= 15 is 0 Å². The van der Waals surface area contributed by atoms with Crippen LogP contribution < -0.4 is 15.8 Å². The standard InChI is InChI=1S/C33H28FN7O3/c1-2-44-33(43)25-20-36-41-29(39(21-23-11-5-3-6-12-23)22-24-13-7-4-8-14-24)19-28(38-30(25)41)37-27-16-10-18-40(32(27)42)31-26(34)15-9-17-35-31/h3-20H,2,21-22H2,1H3,(H,37,38). The van der Waals surface area contributed by atoms with Crippen molar-refractivity contribution in [3.63, 3.8) is 0 Å². The van der Waals surface area contributed by atoms with Gasteiger partial charge in [-0.05, 0) is 42.3 Å². The monoisotopic (exact) mass is 589 g/mol. The quantitative estimate of drug-likeness (QED) is 0.208. The molecule has 10 nitrogen and oxygen atoms in total. The summed E-state index contributed by atoms with van der Waals surface area (Å²) in [6.45, 7) is 2.93. The smallest absolute Gasteiger partial charge is 0.343 e. The maximum atomic E-state index is 14.5. The van der Waals surface area contributed by atoms with Gasteiger partial charge >= 0.3 is 5.97 Å². The first-order valence-corrected chi connectivity index (χ1v) is 14.0. The molecule has 4 heterocycles. The molecule has 0 atom stereocenters. The van der Waals surface area contributed by atoms with Gasteiger partial charge in [0.2, 0.25) is 0 Å². The zero-order chi connectivity index (χ0) is 30.5. The second-order valence-corrected chi connectivity index (χ2v) is 9.87. The highest BCUT2D eigenvalue weighted by Gasteiger charge is 2.22. The number of benzene rings is 2. The average Bonchev–Trinajstić information content (AvgIpc) is 3.47. The van der Waals surface area contributed by atoms with Crippen molar-refractivity contribution in [2.24, 2.45) is 0 Å². The Hall–Kier alpha value is -5.84. The number of rotatable bonds is 10. The predicted molar refractivity (Wildman–Crippen MR) is 165 cm³/mol. The van der Waals surface area contributed by atoms with Gasteiger partial charge in [-0.2, -0.15) is 9.61 Å². The van der Waals surface area contributed by atoms with Crippen LogP contribution in [0.3, 0.4) is 0 Å². The summed E-state index contributed by atoms with van der Waals surface area (Å²) in [5.41, 5.74) is 2.15. The first-order chi connectivity index (χ1) is 21.5. The molecule has 0 aliphatic heterocycles. The molecule has 0 aliphatic rings. The Morgan fingerprint density at radius 2 is 1.66 bits per heavy atom. The Morgan fingerprint density at radius 1 is 0.955 bits per heavy atom. The van der Waals surface area contributed by atoms with E-state index < -0.39 is 17.3 Å². The molecule has 4 aromatic heterocycles. The van der Waals surface area contributed by atoms with Gasteiger partial charge in [0.1, 0.15) is 22.9 Å². The number of aromatic nitrogens is 5. The molecule has 0 bridgehead atoms. The summed E-state index contributed by atoms with van der Waals surface area (Å²) < 4.78 is 22.5. The number of fused-ring (bicyclic) bond motifs is 1. The lowest BCUT2D eigenvalue weighted by atomic mass is 10.1. The highest BCUT2D eigenvalue weighted by Crippen LogP contribution is 2.27. The third-order valence-corrected chi connectivity index (χ3v) is 6.88. The zero-order valence-corrected chi connectivity index (χ0v) is 23.8. The maximum absolute atomic E-state index is 14.5. The van der Waals surface area contributed by atoms with Crippen LogP contribution in [0.15, 0.2) is 114 Å². The number of nitrogens with zero attached hydrogens (tertiary/aromatic N) is 6. The van der Waals surface area contributed by atoms with Crippen LogP contribution >= 0.6 is 0 Å². The van der Waals surface area contributed by atoms with Crippen LogP contribution in [0.25, 0.3) is 11.5 Å². The van der Waals surface area contributed by atoms with Gasteiger partial charge < -0.3 is 15.0 Å². The Bertz CT molecular complexity index is 1940. The fourth-order valence-electron chi connectivity index (χ4n) is 4.86. The number of halogens is 1. The Labute approximate surface area is 252 Å². The lowest BCUT2D eigenvalue weighted by Crippen LogP contribution is -2.25. The molecule has 11 heteroatoms. The lowest BCUT2D eigenvalue weighted by Gasteiger charge is -2.26. The highest BCUT2D eigenvalue weighted by molar-refractivity contribution is 5.96. The van der Waals surface area contributed by atoms with Gasteiger partial charge in [0, 0.05) is 31.5 Å². The molecule has 0 radical (unpaired) electrons. The summed E-state index contributed by atoms with van der Waals surface area (Å²) in [4.78, 5) is 37.2. The largest absolute Gasteiger partial charge is 0.462 e. The molecule has 44 heavy (non-hydrogen) atoms. The van der Waals surface area contributed by atoms with Crippen LogP contribution in [0, 0.1) is 5.82 Å². The molecule has 6 aromatic rings. The third kappa shape index (κ3) is 5.88. The van der Waals surface area contributed by atoms with Crippen LogP contribution in [0.4, 0.5) is 21.7 Å². The highest BCUT2D eigenvalue weighted by atomic mass is 19.1. The number of hydrogen-bond donors (Lipinski definition) is 1. The first kappa shape index (κ1) is 28.3. The lowest BCUT2D eigenvalue weighted by molar-refractivity contribution is 0.0528. The summed E-state index contributed by atoms with van der Waals surface area (Å²) in [7, 11) is 0. The Balaban J connectivity index is 1.49. The van der Waals surface area contributed by atoms with Gasteiger partial charge in [-0.25, -0.2) is 19.2 Å². The number of pyridine rings is 2. The van der Waals surface area contributed by atoms with E-state index in [-0.39, 0.29) is 35.1 Å². The molecule has 0 unspecified atom stereocenters. The van der Waals surface area contributed by atoms with Gasteiger partial charge in [-0.15, -0.1) is 0 Å². The molecular formula is C33H28FN7O3. The second kappa shape index (κ2) is 12.6. The number of carbonyl (C=O) groups excluding carboxylic acids is 1. The fourth-order valence-corrected chi connectivity index (χ4v) is 4.86. The third-order valence-electron chi connectivity index (χ3n) is 6.88. The van der Waals surface area contributed by atoms with Crippen molar-refractivity contribution >= 4 is 28.9 Å². The molecule has 0 fully saturated rings. The number of anilines is 3. The Kier molecular flexibility index (Phi) is 8.08. The van der Waals surface area contributed by atoms with E-state index in [1.165, 1.54) is 30.7 Å². The van der Waals surface area contributed by atoms with Crippen LogP contribution in [-0.4, -0.2) is 36.7 Å². The average molecular weight is 590 g/mol. The number of nitrogens with one attached hydrogen (secondary N) is 1. The molecule has 6 rings (SSSR count). The molecule has 1 N–H and O–H groups in total. The topological polar surface area (TPSA) is 107 Å². The van der Waals surface area contributed by atoms with Crippen LogP contribution in [0.2, 0.25) is 0 Å². The van der Waals surface area contributed by atoms with E-state index in [9.17, 15) is 14.0 Å². The van der Waals surface area contributed by atoms with Crippen molar-refractivity contribution in [3.8, 4) is 5.82 Å². The van der Waals surface area contributed by atoms with Gasteiger partial charge in [0.25, 0.3) is 5.56 Å². The molecule has 0 aliphatic carbocycles. The van der Waals surface area contributed by atoms with Crippen molar-refractivity contribution in [1.82, 2.24) is 24.1 Å². The van der Waals surface area contributed by atoms with Crippen molar-refractivity contribution in [3.05, 3.63) is 142 Å². The van der Waals surface area contributed by atoms with E-state index in [4.69, 9.17) is 4.74 Å². The van der Waals surface area contributed by atoms with E-state index in [1.54, 1.807) is 29.6 Å². The molecule has 2 aromatic carbocycles. The van der Waals surface area contributed by atoms with E-state index in [1.807, 2.05) is 60.7 Å². The minimum atomic E-state index is -0.635. The van der Waals surface area contributed by atoms with E-state index in [0.29, 0.717) is 18.9 Å². The summed E-state index contributed by atoms with van der Waals surface area (Å²) in [5.74, 6) is -0.427. The number of hydrogen-bond acceptors (Lipinski definition) is 8. The van der Waals surface area contributed by atoms with E-state index in [2.05, 4.69) is 25.3 Å². The van der Waals surface area contributed by atoms with Gasteiger partial charge in [0.05, 0.1) is 12.8 Å². The second-order valence-electron chi connectivity index (χ2n) is 9.87. The molecule has 0 saturated carbocycles. The van der Waals surface area contributed by atoms with Crippen molar-refractivity contribution in [1.29, 1.82) is 0 Å². The summed E-state index contributed by atoms with van der Waals surface area (Å²) in [6.07, 6.45) is 4.28. The van der Waals surface area contributed by atoms with Crippen LogP contribution in [0.5, 0.6) is 0 Å². The molecule has 0 amide bonds. The SMILES string of the molecule is CCOC(=O)c1cnn2c(N(Cc3ccccc3)Cc3ccccc3)cc(Nc3cccn(-c4ncccc4F)c3=O)nc12. The molecule has 220 valence electrons. The van der Waals surface area contributed by atoms with Crippen molar-refractivity contribution < 1.29 is 13.9 Å². The van der Waals surface area contributed by atoms with Crippen LogP contribution in [-0.2, 0) is 17.8 Å². The zero-order valence-electron chi connectivity index (χ0n) is 23.8. The number of ether oxygens (including phenoxy) is 1. The minimum absolute atomic E-state index is 0.123. The van der Waals surface area contributed by atoms with Gasteiger partial charge in [-0.1, -0.05) is 60.7 Å². The summed E-state index contributed by atoms with van der Waals surface area (Å²) >= 11 is 0. The van der Waals surface area contributed by atoms with Gasteiger partial charge in [0.15, 0.2) is 17.3 Å². The number of carbonyl (C=O) groups is 1. The Morgan fingerprint density at radius 3 is 2.32 bits per heavy atom. The van der Waals surface area contributed by atoms with Crippen molar-refractivity contribution in [2.75, 3.05) is 16.8 Å². The normalized spacial score (nSPS) is 11.0. The molecule has 0 spiro atoms. The fraction of sp³-hybridized carbons (Fsp3) is 0.121. The van der Waals surface area contributed by atoms with Crippen LogP contribution in [0.1, 0.15) is 28.4 Å². The predicted octanol–water partition coefficient (Wildman–Crippen LogP) is 5.54. The summed E-state index contributed by atoms with van der Waals surface area (Å²) in [6, 6.07) is 27.6. The number of esters is 1. The molecule has 0 saturated heterocycles. The van der Waals surface area contributed by atoms with Crippen molar-refractivity contribution in [2.45, 2.75) is 20.0 Å². The maximum Gasteiger partial charge on any atom is 0.343 e. The summed E-state index contributed by atoms with van der Waals surface area (Å²) in [5, 5.41) is 7.61. The first-order valence-electron chi connectivity index (χ1n) is 14.0. The molecular weight excluding hydrogens is 561 g/mol. The minimum Gasteiger partial charge on any atom is -0.462 e.